The van der Waals surface area contributed by atoms with E-state index in [1.54, 1.807) is 4.57 Å². The first kappa shape index (κ1) is 14.6. The molecule has 0 aliphatic carbocycles. The first-order valence-electron chi connectivity index (χ1n) is 7.90. The minimum atomic E-state index is 0.00650. The van der Waals surface area contributed by atoms with Crippen molar-refractivity contribution < 1.29 is 0 Å². The Balaban J connectivity index is 1.71. The Morgan fingerprint density at radius 2 is 2.13 bits per heavy atom. The van der Waals surface area contributed by atoms with Gasteiger partial charge in [-0.3, -0.25) is 9.69 Å². The van der Waals surface area contributed by atoms with Gasteiger partial charge in [0.1, 0.15) is 5.69 Å². The van der Waals surface area contributed by atoms with Crippen molar-refractivity contribution in [3.05, 3.63) is 62.2 Å². The van der Waals surface area contributed by atoms with E-state index in [9.17, 15) is 4.79 Å². The molecule has 118 valence electrons. The molecule has 1 aliphatic rings. The molecule has 0 unspecified atom stereocenters. The Labute approximate surface area is 139 Å². The molecule has 4 rings (SSSR count). The SMILES string of the molecule is C[C@@H]1c2ccsc2CCN1Cc1nc2ccccc2n(C)c1=O. The molecule has 0 saturated carbocycles. The van der Waals surface area contributed by atoms with Gasteiger partial charge in [0.15, 0.2) is 0 Å². The van der Waals surface area contributed by atoms with Crippen LogP contribution in [0.3, 0.4) is 0 Å². The predicted octanol–water partition coefficient (Wildman–Crippen LogP) is 3.11. The molecule has 2 aromatic heterocycles. The number of benzene rings is 1. The number of hydrogen-bond donors (Lipinski definition) is 0. The summed E-state index contributed by atoms with van der Waals surface area (Å²) in [5, 5.41) is 2.16. The van der Waals surface area contributed by atoms with Crippen LogP contribution in [-0.2, 0) is 20.0 Å². The van der Waals surface area contributed by atoms with Gasteiger partial charge in [-0.05, 0) is 42.5 Å². The van der Waals surface area contributed by atoms with Crippen LogP contribution in [0.2, 0.25) is 0 Å². The summed E-state index contributed by atoms with van der Waals surface area (Å²) in [6.07, 6.45) is 1.06. The van der Waals surface area contributed by atoms with Gasteiger partial charge in [-0.2, -0.15) is 0 Å². The lowest BCUT2D eigenvalue weighted by molar-refractivity contribution is 0.188. The molecule has 0 radical (unpaired) electrons. The number of para-hydroxylation sites is 2. The maximum absolute atomic E-state index is 12.6. The van der Waals surface area contributed by atoms with Gasteiger partial charge in [0.25, 0.3) is 5.56 Å². The van der Waals surface area contributed by atoms with E-state index in [0.717, 1.165) is 24.0 Å². The van der Waals surface area contributed by atoms with Crippen LogP contribution in [-0.4, -0.2) is 21.0 Å². The number of hydrogen-bond acceptors (Lipinski definition) is 4. The van der Waals surface area contributed by atoms with Crippen LogP contribution in [0.4, 0.5) is 0 Å². The highest BCUT2D eigenvalue weighted by Gasteiger charge is 2.26. The van der Waals surface area contributed by atoms with Crippen molar-refractivity contribution >= 4 is 22.4 Å². The van der Waals surface area contributed by atoms with E-state index in [-0.39, 0.29) is 5.56 Å². The van der Waals surface area contributed by atoms with Crippen LogP contribution in [0.15, 0.2) is 40.5 Å². The van der Waals surface area contributed by atoms with E-state index < -0.39 is 0 Å². The lowest BCUT2D eigenvalue weighted by atomic mass is 10.0. The highest BCUT2D eigenvalue weighted by Crippen LogP contribution is 2.33. The van der Waals surface area contributed by atoms with Crippen molar-refractivity contribution in [3.8, 4) is 0 Å². The summed E-state index contributed by atoms with van der Waals surface area (Å²) in [6, 6.07) is 10.4. The molecule has 1 atom stereocenters. The predicted molar refractivity (Wildman–Crippen MR) is 93.8 cm³/mol. The maximum Gasteiger partial charge on any atom is 0.273 e. The van der Waals surface area contributed by atoms with E-state index in [0.29, 0.717) is 18.3 Å². The number of rotatable bonds is 2. The molecule has 0 N–H and O–H groups in total. The first-order chi connectivity index (χ1) is 11.1. The molecule has 3 heterocycles. The summed E-state index contributed by atoms with van der Waals surface area (Å²) in [5.41, 5.74) is 3.81. The summed E-state index contributed by atoms with van der Waals surface area (Å²) in [6.45, 7) is 3.80. The lowest BCUT2D eigenvalue weighted by Gasteiger charge is -2.33. The maximum atomic E-state index is 12.6. The molecule has 0 fully saturated rings. The Bertz CT molecular complexity index is 927. The molecule has 1 aliphatic heterocycles. The van der Waals surface area contributed by atoms with Gasteiger partial charge in [-0.15, -0.1) is 11.3 Å². The van der Waals surface area contributed by atoms with Gasteiger partial charge in [0.05, 0.1) is 11.0 Å². The van der Waals surface area contributed by atoms with E-state index >= 15 is 0 Å². The molecule has 0 spiro atoms. The first-order valence-corrected chi connectivity index (χ1v) is 8.78. The van der Waals surface area contributed by atoms with Crippen molar-refractivity contribution in [1.29, 1.82) is 0 Å². The largest absolute Gasteiger partial charge is 0.308 e. The van der Waals surface area contributed by atoms with Crippen LogP contribution in [0.5, 0.6) is 0 Å². The summed E-state index contributed by atoms with van der Waals surface area (Å²) < 4.78 is 1.71. The Morgan fingerprint density at radius 3 is 3.00 bits per heavy atom. The summed E-state index contributed by atoms with van der Waals surface area (Å²) >= 11 is 1.84. The van der Waals surface area contributed by atoms with Gasteiger partial charge in [0, 0.05) is 31.1 Å². The Hall–Kier alpha value is -1.98. The number of aryl methyl sites for hydroxylation is 1. The minimum Gasteiger partial charge on any atom is -0.308 e. The van der Waals surface area contributed by atoms with Crippen molar-refractivity contribution in [3.63, 3.8) is 0 Å². The summed E-state index contributed by atoms with van der Waals surface area (Å²) in [5.74, 6) is 0. The fourth-order valence-corrected chi connectivity index (χ4v) is 4.37. The third-order valence-electron chi connectivity index (χ3n) is 4.81. The third kappa shape index (κ3) is 2.40. The molecule has 3 aromatic rings. The zero-order valence-electron chi connectivity index (χ0n) is 13.3. The van der Waals surface area contributed by atoms with Crippen molar-refractivity contribution in [2.24, 2.45) is 7.05 Å². The van der Waals surface area contributed by atoms with Crippen LogP contribution < -0.4 is 5.56 Å². The molecule has 5 heteroatoms. The average molecular weight is 325 g/mol. The van der Waals surface area contributed by atoms with Crippen molar-refractivity contribution in [2.45, 2.75) is 25.9 Å². The molecule has 0 saturated heterocycles. The quantitative estimate of drug-likeness (QED) is 0.726. The number of aromatic nitrogens is 2. The molecule has 1 aromatic carbocycles. The van der Waals surface area contributed by atoms with Gasteiger partial charge in [-0.25, -0.2) is 4.98 Å². The van der Waals surface area contributed by atoms with Crippen molar-refractivity contribution in [1.82, 2.24) is 14.5 Å². The summed E-state index contributed by atoms with van der Waals surface area (Å²) in [7, 11) is 1.83. The van der Waals surface area contributed by atoms with Gasteiger partial charge < -0.3 is 4.57 Å². The molecular formula is C18H19N3OS. The topological polar surface area (TPSA) is 38.1 Å². The minimum absolute atomic E-state index is 0.00650. The van der Waals surface area contributed by atoms with E-state index in [4.69, 9.17) is 0 Å². The van der Waals surface area contributed by atoms with Crippen LogP contribution in [0, 0.1) is 0 Å². The fraction of sp³-hybridized carbons (Fsp3) is 0.333. The summed E-state index contributed by atoms with van der Waals surface area (Å²) in [4.78, 5) is 21.1. The molecule has 4 nitrogen and oxygen atoms in total. The van der Waals surface area contributed by atoms with Crippen LogP contribution in [0.25, 0.3) is 11.0 Å². The van der Waals surface area contributed by atoms with Gasteiger partial charge in [0.2, 0.25) is 0 Å². The molecule has 0 amide bonds. The van der Waals surface area contributed by atoms with Gasteiger partial charge in [-0.1, -0.05) is 12.1 Å². The zero-order chi connectivity index (χ0) is 16.0. The zero-order valence-corrected chi connectivity index (χ0v) is 14.1. The average Bonchev–Trinajstić information content (AvgIpc) is 3.04. The number of nitrogens with zero attached hydrogens (tertiary/aromatic N) is 3. The second kappa shape index (κ2) is 5.58. The Kier molecular flexibility index (Phi) is 3.54. The third-order valence-corrected chi connectivity index (χ3v) is 5.80. The highest BCUT2D eigenvalue weighted by atomic mass is 32.1. The molecular weight excluding hydrogens is 306 g/mol. The Morgan fingerprint density at radius 1 is 1.30 bits per heavy atom. The van der Waals surface area contributed by atoms with Gasteiger partial charge >= 0.3 is 0 Å². The molecule has 0 bridgehead atoms. The fourth-order valence-electron chi connectivity index (χ4n) is 3.41. The smallest absolute Gasteiger partial charge is 0.273 e. The standard InChI is InChI=1S/C18H19N3OS/c1-12-13-8-10-23-17(13)7-9-21(12)11-15-18(22)20(2)16-6-4-3-5-14(16)19-15/h3-6,8,10,12H,7,9,11H2,1-2H3/t12-/m1/s1. The highest BCUT2D eigenvalue weighted by molar-refractivity contribution is 7.10. The van der Waals surface area contributed by atoms with E-state index in [2.05, 4.69) is 28.3 Å². The van der Waals surface area contributed by atoms with Crippen LogP contribution in [0.1, 0.15) is 29.1 Å². The second-order valence-electron chi connectivity index (χ2n) is 6.11. The lowest BCUT2D eigenvalue weighted by Crippen LogP contribution is -2.36. The van der Waals surface area contributed by atoms with E-state index in [1.807, 2.05) is 42.6 Å². The number of thiophene rings is 1. The van der Waals surface area contributed by atoms with Crippen molar-refractivity contribution in [2.75, 3.05) is 6.54 Å². The van der Waals surface area contributed by atoms with E-state index in [1.165, 1.54) is 10.4 Å². The monoisotopic (exact) mass is 325 g/mol. The molecule has 23 heavy (non-hydrogen) atoms. The second-order valence-corrected chi connectivity index (χ2v) is 7.11. The normalized spacial score (nSPS) is 18.3. The van der Waals surface area contributed by atoms with Crippen LogP contribution >= 0.6 is 11.3 Å². The number of fused-ring (bicyclic) bond motifs is 2.